The summed E-state index contributed by atoms with van der Waals surface area (Å²) in [6, 6.07) is 77.3. The lowest BCUT2D eigenvalue weighted by atomic mass is 9.74. The van der Waals surface area contributed by atoms with Gasteiger partial charge in [-0.1, -0.05) is 311 Å². The molecule has 88 heavy (non-hydrogen) atoms. The molecule has 9 aromatic carbocycles. The number of ether oxygens (including phenoxy) is 4. The lowest BCUT2D eigenvalue weighted by molar-refractivity contribution is 0.146. The van der Waals surface area contributed by atoms with Crippen molar-refractivity contribution >= 4 is 0 Å². The highest BCUT2D eigenvalue weighted by Gasteiger charge is 2.29. The fraction of sp³-hybridized carbons (Fsp3) is 0.357. The van der Waals surface area contributed by atoms with Gasteiger partial charge in [0.25, 0.3) is 0 Å². The molecule has 4 heteroatoms. The first-order valence-electron chi connectivity index (χ1n) is 33.8. The molecule has 0 unspecified atom stereocenters. The fourth-order valence-electron chi connectivity index (χ4n) is 12.6. The molecule has 458 valence electrons. The second-order valence-corrected chi connectivity index (χ2v) is 24.1. The largest absolute Gasteiger partial charge is 0.491 e. The average Bonchev–Trinajstić information content (AvgIpc) is 0.891. The number of hydrogen-bond acceptors (Lipinski definition) is 4. The van der Waals surface area contributed by atoms with Gasteiger partial charge in [-0.15, -0.1) is 0 Å². The van der Waals surface area contributed by atoms with Gasteiger partial charge < -0.3 is 18.9 Å². The Kier molecular flexibility index (Phi) is 26.6. The van der Waals surface area contributed by atoms with Gasteiger partial charge in [0, 0.05) is 14.2 Å². The van der Waals surface area contributed by atoms with E-state index in [1.165, 1.54) is 195 Å². The first-order valence-corrected chi connectivity index (χ1v) is 33.8. The SMILES string of the molecule is CCCCCCCCCCCCc1ccc(-c2c(-c3ccccc3)c(-c3ccc(-c4ccc(OCCOC)cc4)cc3)c(-c3ccc(-c4ccc(OCCOC)cc4)cc3)c(-c3ccccc3)c2-c2ccc(CCCCCCCCCCCC)cc2)cc1. The van der Waals surface area contributed by atoms with Gasteiger partial charge in [0.1, 0.15) is 24.7 Å². The maximum atomic E-state index is 5.98. The van der Waals surface area contributed by atoms with Crippen LogP contribution in [0.4, 0.5) is 0 Å². The Morgan fingerprint density at radius 1 is 0.216 bits per heavy atom. The molecule has 0 fully saturated rings. The number of benzene rings is 9. The van der Waals surface area contributed by atoms with Crippen molar-refractivity contribution in [1.82, 2.24) is 0 Å². The van der Waals surface area contributed by atoms with E-state index in [-0.39, 0.29) is 0 Å². The summed E-state index contributed by atoms with van der Waals surface area (Å²) >= 11 is 0. The van der Waals surface area contributed by atoms with Crippen LogP contribution in [-0.4, -0.2) is 40.6 Å². The Balaban J connectivity index is 1.19. The zero-order chi connectivity index (χ0) is 60.8. The van der Waals surface area contributed by atoms with Gasteiger partial charge in [0.15, 0.2) is 0 Å². The van der Waals surface area contributed by atoms with E-state index in [1.54, 1.807) is 14.2 Å². The molecule has 4 nitrogen and oxygen atoms in total. The van der Waals surface area contributed by atoms with Crippen molar-refractivity contribution in [2.24, 2.45) is 0 Å². The fourth-order valence-corrected chi connectivity index (χ4v) is 12.6. The van der Waals surface area contributed by atoms with Crippen molar-refractivity contribution < 1.29 is 18.9 Å². The monoisotopic (exact) mass is 1170 g/mol. The van der Waals surface area contributed by atoms with Crippen LogP contribution in [0.15, 0.2) is 206 Å². The highest BCUT2D eigenvalue weighted by molar-refractivity contribution is 6.15. The lowest BCUT2D eigenvalue weighted by Crippen LogP contribution is -2.03. The molecular formula is C84H98O4. The molecule has 0 N–H and O–H groups in total. The summed E-state index contributed by atoms with van der Waals surface area (Å²) in [5.41, 5.74) is 21.8. The minimum absolute atomic E-state index is 0.512. The molecule has 0 radical (unpaired) electrons. The third-order valence-corrected chi connectivity index (χ3v) is 17.6. The molecular weight excluding hydrogens is 1070 g/mol. The maximum absolute atomic E-state index is 5.98. The minimum Gasteiger partial charge on any atom is -0.491 e. The van der Waals surface area contributed by atoms with Crippen molar-refractivity contribution in [3.63, 3.8) is 0 Å². The Hall–Kier alpha value is -7.50. The Labute approximate surface area is 529 Å². The van der Waals surface area contributed by atoms with E-state index in [0.29, 0.717) is 26.4 Å². The highest BCUT2D eigenvalue weighted by atomic mass is 16.5. The molecule has 0 aromatic heterocycles. The van der Waals surface area contributed by atoms with E-state index < -0.39 is 0 Å². The third-order valence-electron chi connectivity index (χ3n) is 17.6. The number of aryl methyl sites for hydroxylation is 2. The number of hydrogen-bond donors (Lipinski definition) is 0. The van der Waals surface area contributed by atoms with Crippen molar-refractivity contribution in [1.29, 1.82) is 0 Å². The predicted octanol–water partition coefficient (Wildman–Crippen LogP) is 24.0. The summed E-state index contributed by atoms with van der Waals surface area (Å²) in [7, 11) is 3.40. The van der Waals surface area contributed by atoms with Crippen molar-refractivity contribution in [2.75, 3.05) is 40.6 Å². The van der Waals surface area contributed by atoms with Crippen LogP contribution in [0, 0.1) is 0 Å². The van der Waals surface area contributed by atoms with Crippen LogP contribution >= 0.6 is 0 Å². The van der Waals surface area contributed by atoms with Crippen LogP contribution in [-0.2, 0) is 22.3 Å². The van der Waals surface area contributed by atoms with E-state index >= 15 is 0 Å². The van der Waals surface area contributed by atoms with Gasteiger partial charge in [-0.2, -0.15) is 0 Å². The van der Waals surface area contributed by atoms with Crippen LogP contribution in [0.25, 0.3) is 89.0 Å². The molecule has 9 rings (SSSR count). The molecule has 0 bridgehead atoms. The standard InChI is InChI=1S/C84H98O4/c1-5-7-9-11-13-15-17-19-21-25-31-65-37-41-73(42-38-65)81-79(71-33-27-23-28-34-71)83(75-49-45-67(46-50-75)69-53-57-77(58-54-69)87-63-61-85-3)84(76-51-47-68(48-52-76)70-55-59-78(60-56-70)88-64-62-86-4)80(72-35-29-24-30-36-72)82(81)74-43-39-66(40-44-74)32-26-22-20-18-16-14-12-10-8-6-2/h23-24,27-30,33-60H,5-22,25-26,31-32,61-64H2,1-4H3. The van der Waals surface area contributed by atoms with Crippen molar-refractivity contribution in [2.45, 2.75) is 155 Å². The van der Waals surface area contributed by atoms with Crippen LogP contribution in [0.2, 0.25) is 0 Å². The molecule has 0 spiro atoms. The van der Waals surface area contributed by atoms with E-state index in [9.17, 15) is 0 Å². The van der Waals surface area contributed by atoms with Crippen molar-refractivity contribution in [3.05, 3.63) is 217 Å². The lowest BCUT2D eigenvalue weighted by Gasteiger charge is -2.29. The second kappa shape index (κ2) is 36.1. The van der Waals surface area contributed by atoms with E-state index in [0.717, 1.165) is 57.7 Å². The average molecular weight is 1170 g/mol. The van der Waals surface area contributed by atoms with Gasteiger partial charge in [-0.05, 0) is 150 Å². The van der Waals surface area contributed by atoms with E-state index in [4.69, 9.17) is 18.9 Å². The first kappa shape index (κ1) is 65.0. The summed E-state index contributed by atoms with van der Waals surface area (Å²) in [5, 5.41) is 0. The van der Waals surface area contributed by atoms with Gasteiger partial charge in [-0.3, -0.25) is 0 Å². The minimum atomic E-state index is 0.512. The van der Waals surface area contributed by atoms with Gasteiger partial charge in [0.05, 0.1) is 13.2 Å². The van der Waals surface area contributed by atoms with E-state index in [1.807, 2.05) is 0 Å². The highest BCUT2D eigenvalue weighted by Crippen LogP contribution is 2.56. The second-order valence-electron chi connectivity index (χ2n) is 24.1. The molecule has 0 aliphatic rings. The van der Waals surface area contributed by atoms with Crippen LogP contribution in [0.5, 0.6) is 11.5 Å². The van der Waals surface area contributed by atoms with E-state index in [2.05, 4.69) is 220 Å². The topological polar surface area (TPSA) is 36.9 Å². The molecule has 0 amide bonds. The van der Waals surface area contributed by atoms with Gasteiger partial charge >= 0.3 is 0 Å². The third kappa shape index (κ3) is 18.8. The molecule has 0 aliphatic carbocycles. The molecule has 0 atom stereocenters. The molecule has 0 saturated carbocycles. The van der Waals surface area contributed by atoms with Gasteiger partial charge in [0.2, 0.25) is 0 Å². The van der Waals surface area contributed by atoms with Crippen LogP contribution in [0.3, 0.4) is 0 Å². The summed E-state index contributed by atoms with van der Waals surface area (Å²) in [6.07, 6.45) is 28.9. The Morgan fingerprint density at radius 3 is 0.716 bits per heavy atom. The van der Waals surface area contributed by atoms with Crippen LogP contribution < -0.4 is 9.47 Å². The predicted molar refractivity (Wildman–Crippen MR) is 376 cm³/mol. The first-order chi connectivity index (χ1) is 43.6. The summed E-state index contributed by atoms with van der Waals surface area (Å²) in [6.45, 7) is 6.72. The number of rotatable bonds is 38. The maximum Gasteiger partial charge on any atom is 0.119 e. The molecule has 0 heterocycles. The molecule has 0 aliphatic heterocycles. The smallest absolute Gasteiger partial charge is 0.119 e. The Bertz CT molecular complexity index is 3150. The summed E-state index contributed by atoms with van der Waals surface area (Å²) < 4.78 is 22.5. The normalized spacial score (nSPS) is 11.3. The van der Waals surface area contributed by atoms with Gasteiger partial charge in [-0.25, -0.2) is 0 Å². The summed E-state index contributed by atoms with van der Waals surface area (Å²) in [5.74, 6) is 1.67. The van der Waals surface area contributed by atoms with Crippen LogP contribution in [0.1, 0.15) is 153 Å². The zero-order valence-corrected chi connectivity index (χ0v) is 53.6. The Morgan fingerprint density at radius 2 is 0.443 bits per heavy atom. The molecule has 9 aromatic rings. The molecule has 0 saturated heterocycles. The number of unbranched alkanes of at least 4 members (excludes halogenated alkanes) is 18. The summed E-state index contributed by atoms with van der Waals surface area (Å²) in [4.78, 5) is 0. The van der Waals surface area contributed by atoms with Crippen molar-refractivity contribution in [3.8, 4) is 101 Å². The number of methoxy groups -OCH3 is 2. The zero-order valence-electron chi connectivity index (χ0n) is 53.6. The quantitative estimate of drug-likeness (QED) is 0.0362.